The molecule has 140 valence electrons. The average molecular weight is 520 g/mol. The molecule has 1 aliphatic rings. The summed E-state index contributed by atoms with van der Waals surface area (Å²) in [6.45, 7) is 0.421. The Morgan fingerprint density at radius 3 is 2.39 bits per heavy atom. The number of hydrogen-bond acceptors (Lipinski definition) is 2. The Hall–Kier alpha value is -2.08. The fraction of sp³-hybridized carbons (Fsp3) is 0.0455. The van der Waals surface area contributed by atoms with Gasteiger partial charge in [-0.15, -0.1) is 0 Å². The molecule has 3 aromatic carbocycles. The molecule has 0 aromatic heterocycles. The average Bonchev–Trinajstić information content (AvgIpc) is 2.98. The predicted octanol–water partition coefficient (Wildman–Crippen LogP) is 6.94. The van der Waals surface area contributed by atoms with Gasteiger partial charge in [-0.25, -0.2) is 0 Å². The van der Waals surface area contributed by atoms with E-state index in [0.717, 1.165) is 31.3 Å². The van der Waals surface area contributed by atoms with Crippen LogP contribution in [0.4, 0.5) is 5.69 Å². The van der Waals surface area contributed by atoms with Gasteiger partial charge in [0.05, 0.1) is 8.95 Å². The third kappa shape index (κ3) is 4.02. The van der Waals surface area contributed by atoms with Crippen LogP contribution in [0.3, 0.4) is 0 Å². The Kier molecular flexibility index (Phi) is 5.58. The Morgan fingerprint density at radius 2 is 1.68 bits per heavy atom. The Morgan fingerprint density at radius 1 is 1.00 bits per heavy atom. The second-order valence-electron chi connectivity index (χ2n) is 6.29. The molecule has 1 heterocycles. The summed E-state index contributed by atoms with van der Waals surface area (Å²) in [4.78, 5) is 12.3. The summed E-state index contributed by atoms with van der Waals surface area (Å²) in [6.07, 6.45) is 1.87. The van der Waals surface area contributed by atoms with E-state index in [2.05, 4.69) is 37.2 Å². The molecule has 1 N–H and O–H groups in total. The van der Waals surface area contributed by atoms with Crippen LogP contribution in [0.2, 0.25) is 5.02 Å². The van der Waals surface area contributed by atoms with E-state index in [4.69, 9.17) is 16.3 Å². The summed E-state index contributed by atoms with van der Waals surface area (Å²) in [7, 11) is 0. The minimum atomic E-state index is -0.100. The zero-order valence-corrected chi connectivity index (χ0v) is 18.4. The van der Waals surface area contributed by atoms with Crippen LogP contribution in [0, 0.1) is 0 Å². The summed E-state index contributed by atoms with van der Waals surface area (Å²) in [5, 5.41) is 3.58. The standard InChI is InChI=1S/C22H14Br2ClNO2/c23-18-10-14(9-17-16-3-1-2-4-20(16)26-22(17)27)11-19(24)21(18)28-12-13-5-7-15(25)8-6-13/h1-11H,12H2,(H,26,27)/b17-9-. The predicted molar refractivity (Wildman–Crippen MR) is 121 cm³/mol. The number of benzene rings is 3. The fourth-order valence-electron chi connectivity index (χ4n) is 2.99. The molecule has 0 saturated carbocycles. The van der Waals surface area contributed by atoms with Crippen LogP contribution in [0.15, 0.2) is 69.6 Å². The maximum atomic E-state index is 12.3. The van der Waals surface area contributed by atoms with E-state index in [1.54, 1.807) is 0 Å². The van der Waals surface area contributed by atoms with Gasteiger partial charge < -0.3 is 10.1 Å². The van der Waals surface area contributed by atoms with Crippen molar-refractivity contribution in [2.45, 2.75) is 6.61 Å². The van der Waals surface area contributed by atoms with Crippen molar-refractivity contribution in [3.05, 3.63) is 91.3 Å². The molecule has 0 unspecified atom stereocenters. The van der Waals surface area contributed by atoms with E-state index >= 15 is 0 Å². The molecule has 0 radical (unpaired) electrons. The molecule has 0 aliphatic carbocycles. The van der Waals surface area contributed by atoms with Gasteiger partial charge >= 0.3 is 0 Å². The summed E-state index contributed by atoms with van der Waals surface area (Å²) in [5.41, 5.74) is 4.29. The third-order valence-electron chi connectivity index (χ3n) is 4.34. The number of fused-ring (bicyclic) bond motifs is 1. The van der Waals surface area contributed by atoms with Crippen LogP contribution in [-0.4, -0.2) is 5.91 Å². The van der Waals surface area contributed by atoms with Crippen molar-refractivity contribution < 1.29 is 9.53 Å². The quantitative estimate of drug-likeness (QED) is 0.380. The maximum Gasteiger partial charge on any atom is 0.256 e. The van der Waals surface area contributed by atoms with E-state index in [1.807, 2.05) is 66.7 Å². The van der Waals surface area contributed by atoms with Gasteiger partial charge in [-0.05, 0) is 79.4 Å². The number of nitrogens with one attached hydrogen (secondary N) is 1. The van der Waals surface area contributed by atoms with Crippen molar-refractivity contribution in [3.8, 4) is 5.75 Å². The number of halogens is 3. The number of ether oxygens (including phenoxy) is 1. The lowest BCUT2D eigenvalue weighted by molar-refractivity contribution is -0.110. The highest BCUT2D eigenvalue weighted by molar-refractivity contribution is 9.11. The Balaban J connectivity index is 1.59. The molecule has 1 aliphatic heterocycles. The first kappa shape index (κ1) is 19.2. The summed E-state index contributed by atoms with van der Waals surface area (Å²) in [5.74, 6) is 0.602. The number of amides is 1. The fourth-order valence-corrected chi connectivity index (χ4v) is 4.56. The maximum absolute atomic E-state index is 12.3. The topological polar surface area (TPSA) is 38.3 Å². The van der Waals surface area contributed by atoms with Gasteiger partial charge in [0.15, 0.2) is 0 Å². The number of rotatable bonds is 4. The van der Waals surface area contributed by atoms with Crippen LogP contribution in [0.25, 0.3) is 11.6 Å². The number of carbonyl (C=O) groups is 1. The molecule has 1 amide bonds. The number of para-hydroxylation sites is 1. The van der Waals surface area contributed by atoms with E-state index in [0.29, 0.717) is 23.0 Å². The lowest BCUT2D eigenvalue weighted by atomic mass is 10.0. The highest BCUT2D eigenvalue weighted by Gasteiger charge is 2.23. The van der Waals surface area contributed by atoms with Crippen molar-refractivity contribution in [2.24, 2.45) is 0 Å². The van der Waals surface area contributed by atoms with Gasteiger partial charge in [0.1, 0.15) is 12.4 Å². The van der Waals surface area contributed by atoms with Gasteiger partial charge in [-0.1, -0.05) is 41.9 Å². The minimum Gasteiger partial charge on any atom is -0.487 e. The van der Waals surface area contributed by atoms with Gasteiger partial charge in [-0.3, -0.25) is 4.79 Å². The monoisotopic (exact) mass is 517 g/mol. The third-order valence-corrected chi connectivity index (χ3v) is 5.77. The zero-order valence-electron chi connectivity index (χ0n) is 14.5. The Labute approximate surface area is 184 Å². The van der Waals surface area contributed by atoms with E-state index in [9.17, 15) is 4.79 Å². The Bertz CT molecular complexity index is 1070. The smallest absolute Gasteiger partial charge is 0.256 e. The lowest BCUT2D eigenvalue weighted by Gasteiger charge is -2.12. The van der Waals surface area contributed by atoms with Gasteiger partial charge in [0.2, 0.25) is 0 Å². The van der Waals surface area contributed by atoms with Crippen LogP contribution in [0.1, 0.15) is 16.7 Å². The lowest BCUT2D eigenvalue weighted by Crippen LogP contribution is -2.03. The van der Waals surface area contributed by atoms with Crippen molar-refractivity contribution in [3.63, 3.8) is 0 Å². The summed E-state index contributed by atoms with van der Waals surface area (Å²) in [6, 6.07) is 19.1. The molecular weight excluding hydrogens is 506 g/mol. The molecular formula is C22H14Br2ClNO2. The second-order valence-corrected chi connectivity index (χ2v) is 8.43. The van der Waals surface area contributed by atoms with Gasteiger partial charge in [0.25, 0.3) is 5.91 Å². The first-order chi connectivity index (χ1) is 13.5. The van der Waals surface area contributed by atoms with Gasteiger partial charge in [0, 0.05) is 21.8 Å². The van der Waals surface area contributed by atoms with Crippen LogP contribution in [-0.2, 0) is 11.4 Å². The minimum absolute atomic E-state index is 0.100. The molecule has 4 rings (SSSR count). The van der Waals surface area contributed by atoms with E-state index in [-0.39, 0.29) is 5.91 Å². The van der Waals surface area contributed by atoms with E-state index in [1.165, 1.54) is 0 Å². The first-order valence-corrected chi connectivity index (χ1v) is 10.5. The number of carbonyl (C=O) groups excluding carboxylic acids is 1. The van der Waals surface area contributed by atoms with Crippen LogP contribution < -0.4 is 10.1 Å². The molecule has 0 spiro atoms. The normalized spacial score (nSPS) is 14.1. The van der Waals surface area contributed by atoms with Crippen LogP contribution >= 0.6 is 43.5 Å². The first-order valence-electron chi connectivity index (χ1n) is 8.50. The van der Waals surface area contributed by atoms with Crippen molar-refractivity contribution in [1.82, 2.24) is 0 Å². The molecule has 0 saturated heterocycles. The molecule has 28 heavy (non-hydrogen) atoms. The highest BCUT2D eigenvalue weighted by atomic mass is 79.9. The summed E-state index contributed by atoms with van der Waals surface area (Å²) >= 11 is 13.1. The van der Waals surface area contributed by atoms with Crippen molar-refractivity contribution >= 4 is 66.7 Å². The number of anilines is 1. The molecule has 6 heteroatoms. The van der Waals surface area contributed by atoms with Gasteiger partial charge in [-0.2, -0.15) is 0 Å². The molecule has 3 nitrogen and oxygen atoms in total. The second kappa shape index (κ2) is 8.11. The van der Waals surface area contributed by atoms with Crippen molar-refractivity contribution in [1.29, 1.82) is 0 Å². The van der Waals surface area contributed by atoms with E-state index < -0.39 is 0 Å². The number of hydrogen-bond donors (Lipinski definition) is 1. The SMILES string of the molecule is O=C1Nc2ccccc2/C1=C/c1cc(Br)c(OCc2ccc(Cl)cc2)c(Br)c1. The molecule has 0 fully saturated rings. The zero-order chi connectivity index (χ0) is 19.7. The summed E-state index contributed by atoms with van der Waals surface area (Å²) < 4.78 is 7.56. The molecule has 3 aromatic rings. The molecule has 0 bridgehead atoms. The van der Waals surface area contributed by atoms with Crippen LogP contribution in [0.5, 0.6) is 5.75 Å². The highest BCUT2D eigenvalue weighted by Crippen LogP contribution is 2.38. The molecule has 0 atom stereocenters. The largest absolute Gasteiger partial charge is 0.487 e. The van der Waals surface area contributed by atoms with Crippen molar-refractivity contribution in [2.75, 3.05) is 5.32 Å².